The van der Waals surface area contributed by atoms with E-state index in [0.29, 0.717) is 21.8 Å². The summed E-state index contributed by atoms with van der Waals surface area (Å²) in [6.07, 6.45) is 0.476. The lowest BCUT2D eigenvalue weighted by molar-refractivity contribution is -0.133. The normalized spacial score (nSPS) is 19.3. The molecule has 1 atom stereocenters. The zero-order valence-corrected chi connectivity index (χ0v) is 13.4. The molecule has 118 valence electrons. The lowest BCUT2D eigenvalue weighted by Crippen LogP contribution is -2.36. The minimum Gasteiger partial charge on any atom is -0.375 e. The molecule has 0 saturated carbocycles. The first-order valence-corrected chi connectivity index (χ1v) is 7.78. The molecule has 1 heterocycles. The van der Waals surface area contributed by atoms with Crippen LogP contribution in [0.15, 0.2) is 42.5 Å². The largest absolute Gasteiger partial charge is 0.375 e. The van der Waals surface area contributed by atoms with Gasteiger partial charge in [0.25, 0.3) is 5.91 Å². The van der Waals surface area contributed by atoms with E-state index in [1.165, 1.54) is 0 Å². The predicted molar refractivity (Wildman–Crippen MR) is 88.7 cm³/mol. The quantitative estimate of drug-likeness (QED) is 0.846. The number of hydrogen-bond acceptors (Lipinski definition) is 3. The summed E-state index contributed by atoms with van der Waals surface area (Å²) in [4.78, 5) is 24.7. The highest BCUT2D eigenvalue weighted by Crippen LogP contribution is 2.39. The average molecular weight is 330 g/mol. The molecule has 0 bridgehead atoms. The summed E-state index contributed by atoms with van der Waals surface area (Å²) in [7, 11) is 0. The molecule has 1 aliphatic rings. The first-order valence-electron chi connectivity index (χ1n) is 7.40. The maximum absolute atomic E-state index is 12.4. The van der Waals surface area contributed by atoms with Crippen LogP contribution in [0.2, 0.25) is 5.02 Å². The van der Waals surface area contributed by atoms with Gasteiger partial charge >= 0.3 is 0 Å². The smallest absolute Gasteiger partial charge is 0.261 e. The van der Waals surface area contributed by atoms with E-state index in [9.17, 15) is 14.7 Å². The van der Waals surface area contributed by atoms with Gasteiger partial charge in [0.1, 0.15) is 0 Å². The molecular weight excluding hydrogens is 314 g/mol. The maximum Gasteiger partial charge on any atom is 0.261 e. The fourth-order valence-corrected chi connectivity index (χ4v) is 2.88. The van der Waals surface area contributed by atoms with E-state index in [4.69, 9.17) is 11.6 Å². The highest BCUT2D eigenvalue weighted by molar-refractivity contribution is 6.30. The lowest BCUT2D eigenvalue weighted by Gasteiger charge is -2.20. The van der Waals surface area contributed by atoms with Crippen LogP contribution >= 0.6 is 11.6 Å². The number of anilines is 1. The molecule has 0 spiro atoms. The first kappa shape index (κ1) is 15.7. The van der Waals surface area contributed by atoms with Crippen LogP contribution in [-0.2, 0) is 16.8 Å². The van der Waals surface area contributed by atoms with Crippen molar-refractivity contribution in [2.45, 2.75) is 25.4 Å². The fraction of sp³-hybridized carbons (Fsp3) is 0.222. The molecule has 2 aromatic carbocycles. The van der Waals surface area contributed by atoms with Crippen LogP contribution in [0.4, 0.5) is 5.69 Å². The van der Waals surface area contributed by atoms with E-state index in [2.05, 4.69) is 5.32 Å². The second kappa shape index (κ2) is 5.80. The van der Waals surface area contributed by atoms with E-state index in [1.807, 2.05) is 13.0 Å². The Bertz CT molecular complexity index is 785. The van der Waals surface area contributed by atoms with Crippen LogP contribution < -0.4 is 5.32 Å². The van der Waals surface area contributed by atoms with Gasteiger partial charge in [-0.25, -0.2) is 0 Å². The number of nitrogens with one attached hydrogen (secondary N) is 1. The fourth-order valence-electron chi connectivity index (χ4n) is 2.76. The lowest BCUT2D eigenvalue weighted by atomic mass is 9.87. The zero-order chi connectivity index (χ0) is 16.6. The number of ketones is 1. The summed E-state index contributed by atoms with van der Waals surface area (Å²) < 4.78 is 0. The van der Waals surface area contributed by atoms with E-state index in [-0.39, 0.29) is 12.2 Å². The maximum atomic E-state index is 12.4. The number of amides is 1. The minimum atomic E-state index is -1.84. The molecule has 2 N–H and O–H groups in total. The number of fused-ring (bicyclic) bond motifs is 1. The highest BCUT2D eigenvalue weighted by Gasteiger charge is 2.46. The molecular formula is C18H16ClNO3. The Kier molecular flexibility index (Phi) is 3.96. The molecule has 5 heteroatoms. The van der Waals surface area contributed by atoms with Crippen molar-refractivity contribution in [2.75, 3.05) is 5.32 Å². The van der Waals surface area contributed by atoms with Gasteiger partial charge < -0.3 is 10.4 Å². The first-order chi connectivity index (χ1) is 10.9. The third-order valence-corrected chi connectivity index (χ3v) is 4.40. The average Bonchev–Trinajstić information content (AvgIpc) is 2.78. The zero-order valence-electron chi connectivity index (χ0n) is 12.6. The Morgan fingerprint density at radius 3 is 2.57 bits per heavy atom. The van der Waals surface area contributed by atoms with Gasteiger partial charge in [-0.1, -0.05) is 30.7 Å². The van der Waals surface area contributed by atoms with Gasteiger partial charge in [-0.15, -0.1) is 0 Å². The van der Waals surface area contributed by atoms with Crippen molar-refractivity contribution in [3.8, 4) is 0 Å². The van der Waals surface area contributed by atoms with Crippen LogP contribution in [0, 0.1) is 0 Å². The molecule has 0 saturated heterocycles. The second-order valence-corrected chi connectivity index (χ2v) is 6.09. The molecule has 3 rings (SSSR count). The van der Waals surface area contributed by atoms with E-state index >= 15 is 0 Å². The van der Waals surface area contributed by atoms with Crippen LogP contribution in [0.25, 0.3) is 0 Å². The van der Waals surface area contributed by atoms with Gasteiger partial charge in [0.15, 0.2) is 11.4 Å². The number of aryl methyl sites for hydroxylation is 1. The van der Waals surface area contributed by atoms with Crippen LogP contribution in [0.5, 0.6) is 0 Å². The van der Waals surface area contributed by atoms with Crippen molar-refractivity contribution in [3.05, 3.63) is 64.2 Å². The summed E-state index contributed by atoms with van der Waals surface area (Å²) in [5, 5.41) is 14.0. The van der Waals surface area contributed by atoms with Crippen molar-refractivity contribution < 1.29 is 14.7 Å². The number of carbonyl (C=O) groups is 2. The number of halogens is 1. The van der Waals surface area contributed by atoms with Crippen molar-refractivity contribution in [2.24, 2.45) is 0 Å². The standard InChI is InChI=1S/C18H16ClNO3/c1-2-11-3-8-15-14(9-11)18(23,17(22)20-15)10-16(21)12-4-6-13(19)7-5-12/h3-9,23H,2,10H2,1H3,(H,20,22)/t18-/m0/s1. The van der Waals surface area contributed by atoms with Crippen LogP contribution in [0.3, 0.4) is 0 Å². The van der Waals surface area contributed by atoms with Gasteiger partial charge in [0.2, 0.25) is 0 Å². The molecule has 1 amide bonds. The van der Waals surface area contributed by atoms with E-state index in [0.717, 1.165) is 12.0 Å². The van der Waals surface area contributed by atoms with Gasteiger partial charge in [-0.05, 0) is 42.3 Å². The summed E-state index contributed by atoms with van der Waals surface area (Å²) in [5.74, 6) is -0.878. The number of aliphatic hydroxyl groups is 1. The molecule has 0 aromatic heterocycles. The summed E-state index contributed by atoms with van der Waals surface area (Å²) >= 11 is 5.81. The van der Waals surface area contributed by atoms with Crippen LogP contribution in [0.1, 0.15) is 34.8 Å². The number of hydrogen-bond donors (Lipinski definition) is 2. The van der Waals surface area contributed by atoms with E-state index in [1.54, 1.807) is 36.4 Å². The Morgan fingerprint density at radius 1 is 1.22 bits per heavy atom. The molecule has 1 aliphatic heterocycles. The van der Waals surface area contributed by atoms with Crippen molar-refractivity contribution in [1.29, 1.82) is 0 Å². The highest BCUT2D eigenvalue weighted by atomic mass is 35.5. The van der Waals surface area contributed by atoms with Gasteiger partial charge in [-0.2, -0.15) is 0 Å². The third kappa shape index (κ3) is 2.76. The molecule has 23 heavy (non-hydrogen) atoms. The van der Waals surface area contributed by atoms with Crippen molar-refractivity contribution in [3.63, 3.8) is 0 Å². The second-order valence-electron chi connectivity index (χ2n) is 5.65. The Morgan fingerprint density at radius 2 is 1.91 bits per heavy atom. The summed E-state index contributed by atoms with van der Waals surface area (Å²) in [5.41, 5.74) is 0.591. The van der Waals surface area contributed by atoms with Gasteiger partial charge in [0.05, 0.1) is 6.42 Å². The molecule has 0 unspecified atom stereocenters. The molecule has 4 nitrogen and oxygen atoms in total. The van der Waals surface area contributed by atoms with Gasteiger partial charge in [0, 0.05) is 21.8 Å². The SMILES string of the molecule is CCc1ccc2c(c1)[C@@](O)(CC(=O)c1ccc(Cl)cc1)C(=O)N2. The van der Waals surface area contributed by atoms with Crippen molar-refractivity contribution >= 4 is 29.0 Å². The molecule has 0 aliphatic carbocycles. The molecule has 0 radical (unpaired) electrons. The molecule has 2 aromatic rings. The Hall–Kier alpha value is -2.17. The topological polar surface area (TPSA) is 66.4 Å². The summed E-state index contributed by atoms with van der Waals surface area (Å²) in [6.45, 7) is 1.99. The minimum absolute atomic E-state index is 0.305. The van der Waals surface area contributed by atoms with Gasteiger partial charge in [-0.3, -0.25) is 9.59 Å². The number of carbonyl (C=O) groups excluding carboxylic acids is 2. The van der Waals surface area contributed by atoms with Crippen LogP contribution in [-0.4, -0.2) is 16.8 Å². The number of Topliss-reactive ketones (excluding diaryl/α,β-unsaturated/α-hetero) is 1. The summed E-state index contributed by atoms with van der Waals surface area (Å²) in [6, 6.07) is 11.8. The third-order valence-electron chi connectivity index (χ3n) is 4.14. The predicted octanol–water partition coefficient (Wildman–Crippen LogP) is 3.32. The number of rotatable bonds is 4. The van der Waals surface area contributed by atoms with E-state index < -0.39 is 11.5 Å². The monoisotopic (exact) mass is 329 g/mol. The van der Waals surface area contributed by atoms with Crippen molar-refractivity contribution in [1.82, 2.24) is 0 Å². The molecule has 0 fully saturated rings. The number of benzene rings is 2. The Balaban J connectivity index is 1.94. The Labute approximate surface area is 139 Å².